The highest BCUT2D eigenvalue weighted by molar-refractivity contribution is 5.97. The first kappa shape index (κ1) is 24.0. The number of aromatic nitrogens is 2. The fourth-order valence-electron chi connectivity index (χ4n) is 3.22. The van der Waals surface area contributed by atoms with E-state index >= 15 is 0 Å². The number of benzene rings is 1. The van der Waals surface area contributed by atoms with Gasteiger partial charge in [0, 0.05) is 24.2 Å². The number of carbonyl (C=O) groups excluding carboxylic acids is 2. The molecular formula is C20H21N7O7. The number of H-pyrrole nitrogens is 1. The van der Waals surface area contributed by atoms with Gasteiger partial charge in [-0.3, -0.25) is 34.1 Å². The van der Waals surface area contributed by atoms with Gasteiger partial charge in [-0.05, 0) is 30.7 Å². The second kappa shape index (κ2) is 10.3. The van der Waals surface area contributed by atoms with E-state index in [4.69, 9.17) is 10.8 Å². The lowest BCUT2D eigenvalue weighted by Gasteiger charge is -2.22. The van der Waals surface area contributed by atoms with E-state index in [9.17, 15) is 29.1 Å². The predicted octanol–water partition coefficient (Wildman–Crippen LogP) is -2.32. The molecule has 2 aromatic rings. The van der Waals surface area contributed by atoms with Crippen LogP contribution in [0.4, 0.5) is 11.6 Å². The minimum absolute atomic E-state index is 0.0270. The Balaban J connectivity index is 1.70. The summed E-state index contributed by atoms with van der Waals surface area (Å²) in [5, 5.41) is 20.2. The minimum Gasteiger partial charge on any atom is -0.481 e. The van der Waals surface area contributed by atoms with Gasteiger partial charge >= 0.3 is 11.9 Å². The van der Waals surface area contributed by atoms with Gasteiger partial charge in [0.25, 0.3) is 11.5 Å². The van der Waals surface area contributed by atoms with E-state index in [-0.39, 0.29) is 41.9 Å². The number of carbonyl (C=O) groups is 4. The molecule has 14 nitrogen and oxygen atoms in total. The maximum absolute atomic E-state index is 12.4. The first-order valence-corrected chi connectivity index (χ1v) is 10.0. The smallest absolute Gasteiger partial charge is 0.326 e. The van der Waals surface area contributed by atoms with Crippen molar-refractivity contribution in [1.82, 2.24) is 15.3 Å². The number of carboxylic acids is 2. The Labute approximate surface area is 190 Å². The number of nitrogens with two attached hydrogens (primary N) is 1. The van der Waals surface area contributed by atoms with Crippen molar-refractivity contribution in [1.29, 1.82) is 0 Å². The van der Waals surface area contributed by atoms with Crippen molar-refractivity contribution >= 4 is 35.9 Å². The third-order valence-electron chi connectivity index (χ3n) is 4.90. The van der Waals surface area contributed by atoms with Crippen LogP contribution < -0.4 is 32.4 Å². The molecule has 6 N–H and O–H groups in total. The van der Waals surface area contributed by atoms with Gasteiger partial charge in [-0.1, -0.05) is 0 Å². The molecule has 0 unspecified atom stereocenters. The molecule has 178 valence electrons. The summed E-state index contributed by atoms with van der Waals surface area (Å²) in [6.07, 6.45) is -0.113. The molecule has 2 heterocycles. The summed E-state index contributed by atoms with van der Waals surface area (Å²) in [4.78, 5) is 74.1. The first-order chi connectivity index (χ1) is 16.2. The lowest BCUT2D eigenvalue weighted by Crippen LogP contribution is -2.49. The number of hydrogen-bond donors (Lipinski definition) is 5. The number of rotatable bonds is 10. The van der Waals surface area contributed by atoms with Crippen LogP contribution in [0.25, 0.3) is 0 Å². The molecule has 0 saturated heterocycles. The number of aliphatic carboxylic acids is 2. The standard InChI is InChI=1S/C20H21N7O7/c21-20-25-16-15(18(32)26-20)23-11(7-22-16)8-27(9-28)12-3-1-10(2-4-12)17(31)24-13(19(33)34)5-6-14(29)30/h1-4,9,11,13H,5-8H2,(H,24,31)(H,29,30)(H,33,34)(H3,21,22,25,26,32)/t11-,13-/m0/s1. The topological polar surface area (TPSA) is 220 Å². The molecule has 0 saturated carbocycles. The van der Waals surface area contributed by atoms with Crippen molar-refractivity contribution in [3.05, 3.63) is 51.0 Å². The molecule has 1 aliphatic heterocycles. The summed E-state index contributed by atoms with van der Waals surface area (Å²) in [6, 6.07) is 3.89. The highest BCUT2D eigenvalue weighted by Gasteiger charge is 2.22. The molecule has 2 amide bonds. The quantitative estimate of drug-likeness (QED) is 0.234. The molecule has 0 spiro atoms. The van der Waals surface area contributed by atoms with Gasteiger partial charge in [-0.15, -0.1) is 0 Å². The van der Waals surface area contributed by atoms with Gasteiger partial charge in [0.05, 0.1) is 12.6 Å². The number of fused-ring (bicyclic) bond motifs is 1. The molecule has 2 atom stereocenters. The van der Waals surface area contributed by atoms with Crippen LogP contribution in [0, 0.1) is 0 Å². The summed E-state index contributed by atoms with van der Waals surface area (Å²) in [7, 11) is 0. The van der Waals surface area contributed by atoms with E-state index in [1.807, 2.05) is 0 Å². The average molecular weight is 471 g/mol. The molecule has 3 rings (SSSR count). The number of anilines is 2. The van der Waals surface area contributed by atoms with Crippen molar-refractivity contribution in [2.45, 2.75) is 24.9 Å². The normalized spacial score (nSPS) is 15.1. The van der Waals surface area contributed by atoms with E-state index in [2.05, 4.69) is 25.3 Å². The Morgan fingerprint density at radius 2 is 1.97 bits per heavy atom. The third-order valence-corrected chi connectivity index (χ3v) is 4.90. The zero-order valence-corrected chi connectivity index (χ0v) is 17.7. The molecule has 1 aromatic heterocycles. The molecule has 34 heavy (non-hydrogen) atoms. The van der Waals surface area contributed by atoms with E-state index in [0.717, 1.165) is 0 Å². The SMILES string of the molecule is Nc1nc2c(c(=O)[nH]1)=N[C@H](CN(C=O)c1ccc(C(=O)N[C@@H](CCC(=O)O)C(=O)O)cc1)CN=2. The van der Waals surface area contributed by atoms with Gasteiger partial charge < -0.3 is 26.2 Å². The van der Waals surface area contributed by atoms with Crippen LogP contribution in [0.15, 0.2) is 39.0 Å². The Bertz CT molecular complexity index is 1290. The number of nitrogens with one attached hydrogen (secondary N) is 2. The number of aromatic amines is 1. The lowest BCUT2D eigenvalue weighted by atomic mass is 10.1. The summed E-state index contributed by atoms with van der Waals surface area (Å²) in [6.45, 7) is 0.277. The summed E-state index contributed by atoms with van der Waals surface area (Å²) in [5.74, 6) is -3.30. The molecule has 1 aliphatic rings. The zero-order valence-electron chi connectivity index (χ0n) is 17.7. The largest absolute Gasteiger partial charge is 0.481 e. The first-order valence-electron chi connectivity index (χ1n) is 10.0. The molecule has 0 bridgehead atoms. The average Bonchev–Trinajstić information content (AvgIpc) is 2.80. The molecule has 1 aromatic carbocycles. The fourth-order valence-corrected chi connectivity index (χ4v) is 3.22. The van der Waals surface area contributed by atoms with Crippen molar-refractivity contribution in [2.24, 2.45) is 9.98 Å². The second-order valence-corrected chi connectivity index (χ2v) is 7.35. The predicted molar refractivity (Wildman–Crippen MR) is 116 cm³/mol. The number of nitrogen functional groups attached to an aromatic ring is 1. The summed E-state index contributed by atoms with van der Waals surface area (Å²) >= 11 is 0. The van der Waals surface area contributed by atoms with Crippen molar-refractivity contribution < 1.29 is 29.4 Å². The number of hydrogen-bond acceptors (Lipinski definition) is 9. The van der Waals surface area contributed by atoms with Crippen LogP contribution >= 0.6 is 0 Å². The van der Waals surface area contributed by atoms with Crippen molar-refractivity contribution in [3.8, 4) is 0 Å². The van der Waals surface area contributed by atoms with Crippen LogP contribution in [0.2, 0.25) is 0 Å². The Morgan fingerprint density at radius 1 is 1.26 bits per heavy atom. The van der Waals surface area contributed by atoms with E-state index in [0.29, 0.717) is 12.1 Å². The van der Waals surface area contributed by atoms with Crippen LogP contribution in [-0.2, 0) is 14.4 Å². The van der Waals surface area contributed by atoms with Gasteiger partial charge in [0.2, 0.25) is 12.4 Å². The maximum Gasteiger partial charge on any atom is 0.326 e. The Hall–Kier alpha value is -4.62. The molecule has 0 radical (unpaired) electrons. The monoisotopic (exact) mass is 471 g/mol. The van der Waals surface area contributed by atoms with E-state index in [1.54, 1.807) is 0 Å². The Morgan fingerprint density at radius 3 is 2.59 bits per heavy atom. The number of nitrogens with zero attached hydrogens (tertiary/aromatic N) is 4. The lowest BCUT2D eigenvalue weighted by molar-refractivity contribution is -0.140. The van der Waals surface area contributed by atoms with E-state index in [1.165, 1.54) is 29.2 Å². The highest BCUT2D eigenvalue weighted by atomic mass is 16.4. The molecule has 0 fully saturated rings. The highest BCUT2D eigenvalue weighted by Crippen LogP contribution is 2.16. The number of amides is 2. The molecular weight excluding hydrogens is 450 g/mol. The van der Waals surface area contributed by atoms with Crippen LogP contribution in [0.5, 0.6) is 0 Å². The van der Waals surface area contributed by atoms with Crippen molar-refractivity contribution in [3.63, 3.8) is 0 Å². The van der Waals surface area contributed by atoms with Gasteiger partial charge in [0.15, 0.2) is 10.8 Å². The maximum atomic E-state index is 12.4. The third kappa shape index (κ3) is 5.79. The number of carboxylic acid groups (broad SMARTS) is 2. The molecule has 14 heteroatoms. The van der Waals surface area contributed by atoms with E-state index < -0.39 is 41.9 Å². The Kier molecular flexibility index (Phi) is 7.30. The van der Waals surface area contributed by atoms with Gasteiger partial charge in [-0.25, -0.2) is 4.79 Å². The van der Waals surface area contributed by atoms with Gasteiger partial charge in [0.1, 0.15) is 6.04 Å². The summed E-state index contributed by atoms with van der Waals surface area (Å²) < 4.78 is 0. The zero-order chi connectivity index (χ0) is 24.8. The fraction of sp³-hybridized carbons (Fsp3) is 0.300. The second-order valence-electron chi connectivity index (χ2n) is 7.35. The van der Waals surface area contributed by atoms with Crippen LogP contribution in [0.1, 0.15) is 23.2 Å². The minimum atomic E-state index is -1.36. The van der Waals surface area contributed by atoms with Crippen LogP contribution in [0.3, 0.4) is 0 Å². The molecule has 0 aliphatic carbocycles. The van der Waals surface area contributed by atoms with Gasteiger partial charge in [-0.2, -0.15) is 4.98 Å². The van der Waals surface area contributed by atoms with Crippen molar-refractivity contribution in [2.75, 3.05) is 23.7 Å². The van der Waals surface area contributed by atoms with Crippen LogP contribution in [-0.4, -0.2) is 69.6 Å². The summed E-state index contributed by atoms with van der Waals surface area (Å²) in [5.41, 5.74) is 5.64.